The van der Waals surface area contributed by atoms with Crippen LogP contribution in [0.4, 0.5) is 5.69 Å². The van der Waals surface area contributed by atoms with Gasteiger partial charge >= 0.3 is 0 Å². The average molecular weight is 149 g/mol. The Morgan fingerprint density at radius 2 is 2.09 bits per heavy atom. The normalized spacial score (nSPS) is 9.36. The summed E-state index contributed by atoms with van der Waals surface area (Å²) in [4.78, 5) is 0. The number of aryl methyl sites for hydroxylation is 1. The smallest absolute Gasteiger partial charge is 0.121 e. The standard InChI is InChI=1S/C9H11NO/c1-7-4-8(10-2)6-9(5-7)11-3/h2,4-6,10H,1,3H3. The molecule has 0 heterocycles. The third kappa shape index (κ3) is 1.87. The molecule has 2 radical (unpaired) electrons. The molecule has 0 unspecified atom stereocenters. The molecule has 58 valence electrons. The topological polar surface area (TPSA) is 21.3 Å². The van der Waals surface area contributed by atoms with Gasteiger partial charge in [-0.15, -0.1) is 0 Å². The summed E-state index contributed by atoms with van der Waals surface area (Å²) in [6, 6.07) is 5.73. The number of anilines is 1. The van der Waals surface area contributed by atoms with Gasteiger partial charge in [-0.3, -0.25) is 0 Å². The Morgan fingerprint density at radius 1 is 1.36 bits per heavy atom. The molecule has 0 spiro atoms. The monoisotopic (exact) mass is 149 g/mol. The zero-order chi connectivity index (χ0) is 8.27. The van der Waals surface area contributed by atoms with E-state index in [4.69, 9.17) is 11.8 Å². The summed E-state index contributed by atoms with van der Waals surface area (Å²) in [5.74, 6) is 0.818. The van der Waals surface area contributed by atoms with E-state index >= 15 is 0 Å². The Hall–Kier alpha value is -1.18. The van der Waals surface area contributed by atoms with Crippen LogP contribution in [0.5, 0.6) is 5.75 Å². The summed E-state index contributed by atoms with van der Waals surface area (Å²) >= 11 is 0. The van der Waals surface area contributed by atoms with Crippen molar-refractivity contribution in [3.63, 3.8) is 0 Å². The highest BCUT2D eigenvalue weighted by molar-refractivity contribution is 5.51. The summed E-state index contributed by atoms with van der Waals surface area (Å²) in [6.07, 6.45) is 0. The number of rotatable bonds is 2. The van der Waals surface area contributed by atoms with Crippen LogP contribution in [0.2, 0.25) is 0 Å². The number of nitrogens with one attached hydrogen (secondary N) is 1. The maximum absolute atomic E-state index is 5.24. The first kappa shape index (κ1) is 7.92. The molecule has 0 fully saturated rings. The van der Waals surface area contributed by atoms with Crippen molar-refractivity contribution in [1.82, 2.24) is 0 Å². The molecule has 2 heteroatoms. The van der Waals surface area contributed by atoms with Gasteiger partial charge in [0.2, 0.25) is 0 Å². The van der Waals surface area contributed by atoms with Crippen LogP contribution in [0.1, 0.15) is 5.56 Å². The lowest BCUT2D eigenvalue weighted by atomic mass is 10.2. The van der Waals surface area contributed by atoms with E-state index in [2.05, 4.69) is 5.32 Å². The van der Waals surface area contributed by atoms with E-state index in [1.807, 2.05) is 25.1 Å². The third-order valence-corrected chi connectivity index (χ3v) is 1.45. The number of ether oxygens (including phenoxy) is 1. The van der Waals surface area contributed by atoms with Crippen LogP contribution in [0.3, 0.4) is 0 Å². The third-order valence-electron chi connectivity index (χ3n) is 1.45. The van der Waals surface area contributed by atoms with Crippen molar-refractivity contribution in [2.75, 3.05) is 12.4 Å². The Labute approximate surface area is 67.2 Å². The minimum Gasteiger partial charge on any atom is -0.497 e. The maximum Gasteiger partial charge on any atom is 0.121 e. The Morgan fingerprint density at radius 3 is 2.64 bits per heavy atom. The highest BCUT2D eigenvalue weighted by atomic mass is 16.5. The minimum absolute atomic E-state index is 0.818. The van der Waals surface area contributed by atoms with Gasteiger partial charge in [-0.05, 0) is 24.6 Å². The van der Waals surface area contributed by atoms with Crippen LogP contribution in [-0.2, 0) is 0 Å². The van der Waals surface area contributed by atoms with Gasteiger partial charge in [0, 0.05) is 11.8 Å². The van der Waals surface area contributed by atoms with Crippen LogP contribution < -0.4 is 10.1 Å². The lowest BCUT2D eigenvalue weighted by molar-refractivity contribution is 0.414. The van der Waals surface area contributed by atoms with Crippen molar-refractivity contribution in [3.05, 3.63) is 30.8 Å². The SMILES string of the molecule is [CH]Nc1cc(C)cc(OC)c1. The molecule has 1 aromatic carbocycles. The minimum atomic E-state index is 0.818. The molecular formula is C9H11NO. The molecule has 11 heavy (non-hydrogen) atoms. The van der Waals surface area contributed by atoms with Gasteiger partial charge < -0.3 is 10.1 Å². The first-order chi connectivity index (χ1) is 5.26. The molecule has 0 saturated carbocycles. The average Bonchev–Trinajstić information content (AvgIpc) is 2.03. The van der Waals surface area contributed by atoms with Crippen LogP contribution in [0.15, 0.2) is 18.2 Å². The first-order valence-corrected chi connectivity index (χ1v) is 3.38. The number of hydrogen-bond acceptors (Lipinski definition) is 2. The molecule has 0 amide bonds. The summed E-state index contributed by atoms with van der Waals surface area (Å²) in [5, 5.41) is 2.56. The van der Waals surface area contributed by atoms with Crippen molar-refractivity contribution in [3.8, 4) is 5.75 Å². The summed E-state index contributed by atoms with van der Waals surface area (Å²) in [7, 11) is 6.87. The van der Waals surface area contributed by atoms with Crippen LogP contribution in [0.25, 0.3) is 0 Å². The highest BCUT2D eigenvalue weighted by Crippen LogP contribution is 2.19. The summed E-state index contributed by atoms with van der Waals surface area (Å²) in [5.41, 5.74) is 1.99. The fraction of sp³-hybridized carbons (Fsp3) is 0.222. The van der Waals surface area contributed by atoms with Gasteiger partial charge in [0.25, 0.3) is 0 Å². The van der Waals surface area contributed by atoms with Crippen LogP contribution >= 0.6 is 0 Å². The molecule has 0 aliphatic rings. The van der Waals surface area contributed by atoms with Crippen molar-refractivity contribution < 1.29 is 4.74 Å². The van der Waals surface area contributed by atoms with E-state index in [1.165, 1.54) is 0 Å². The van der Waals surface area contributed by atoms with Gasteiger partial charge in [-0.25, -0.2) is 0 Å². The second kappa shape index (κ2) is 3.28. The Bertz CT molecular complexity index is 223. The first-order valence-electron chi connectivity index (χ1n) is 3.38. The lowest BCUT2D eigenvalue weighted by Gasteiger charge is -2.04. The highest BCUT2D eigenvalue weighted by Gasteiger charge is 1.95. The molecular weight excluding hydrogens is 138 g/mol. The Kier molecular flexibility index (Phi) is 2.36. The van der Waals surface area contributed by atoms with E-state index in [0.29, 0.717) is 0 Å². The second-order valence-corrected chi connectivity index (χ2v) is 2.38. The van der Waals surface area contributed by atoms with Crippen molar-refractivity contribution in [2.45, 2.75) is 6.92 Å². The Balaban J connectivity index is 3.02. The molecule has 2 nitrogen and oxygen atoms in total. The van der Waals surface area contributed by atoms with Gasteiger partial charge in [0.05, 0.1) is 14.2 Å². The second-order valence-electron chi connectivity index (χ2n) is 2.38. The van der Waals surface area contributed by atoms with Gasteiger partial charge in [-0.2, -0.15) is 0 Å². The van der Waals surface area contributed by atoms with E-state index in [-0.39, 0.29) is 0 Å². The summed E-state index contributed by atoms with van der Waals surface area (Å²) < 4.78 is 5.04. The maximum atomic E-state index is 5.24. The largest absolute Gasteiger partial charge is 0.497 e. The lowest BCUT2D eigenvalue weighted by Crippen LogP contribution is -1.88. The van der Waals surface area contributed by atoms with E-state index < -0.39 is 0 Å². The molecule has 0 aliphatic heterocycles. The molecule has 0 atom stereocenters. The zero-order valence-corrected chi connectivity index (χ0v) is 6.72. The van der Waals surface area contributed by atoms with E-state index in [1.54, 1.807) is 7.11 Å². The van der Waals surface area contributed by atoms with Crippen molar-refractivity contribution in [2.24, 2.45) is 0 Å². The van der Waals surface area contributed by atoms with Gasteiger partial charge in [-0.1, -0.05) is 0 Å². The molecule has 0 aromatic heterocycles. The van der Waals surface area contributed by atoms with Crippen LogP contribution in [-0.4, -0.2) is 7.11 Å². The van der Waals surface area contributed by atoms with Crippen LogP contribution in [0, 0.1) is 14.0 Å². The molecule has 0 bridgehead atoms. The van der Waals surface area contributed by atoms with E-state index in [0.717, 1.165) is 17.0 Å². The molecule has 1 aromatic rings. The predicted octanol–water partition coefficient (Wildman–Crippen LogP) is 2.08. The quantitative estimate of drug-likeness (QED) is 0.650. The molecule has 1 rings (SSSR count). The van der Waals surface area contributed by atoms with Gasteiger partial charge in [0.1, 0.15) is 5.75 Å². The summed E-state index contributed by atoms with van der Waals surface area (Å²) in [6.45, 7) is 1.99. The molecule has 0 saturated heterocycles. The zero-order valence-electron chi connectivity index (χ0n) is 6.72. The molecule has 0 aliphatic carbocycles. The predicted molar refractivity (Wildman–Crippen MR) is 45.7 cm³/mol. The molecule has 1 N–H and O–H groups in total. The van der Waals surface area contributed by atoms with Crippen molar-refractivity contribution >= 4 is 5.69 Å². The number of methoxy groups -OCH3 is 1. The van der Waals surface area contributed by atoms with E-state index in [9.17, 15) is 0 Å². The fourth-order valence-corrected chi connectivity index (χ4v) is 0.949. The number of benzene rings is 1. The number of hydrogen-bond donors (Lipinski definition) is 1. The van der Waals surface area contributed by atoms with Crippen molar-refractivity contribution in [1.29, 1.82) is 0 Å². The fourth-order valence-electron chi connectivity index (χ4n) is 0.949. The van der Waals surface area contributed by atoms with Gasteiger partial charge in [0.15, 0.2) is 0 Å².